The van der Waals surface area contributed by atoms with Crippen molar-refractivity contribution < 1.29 is 9.13 Å². The molecule has 1 unspecified atom stereocenters. The zero-order chi connectivity index (χ0) is 12.6. The monoisotopic (exact) mass is 250 g/mol. The summed E-state index contributed by atoms with van der Waals surface area (Å²) in [6, 6.07) is 4.74. The lowest BCUT2D eigenvalue weighted by Gasteiger charge is -2.25. The first-order chi connectivity index (χ1) is 8.72. The summed E-state index contributed by atoms with van der Waals surface area (Å²) in [5.41, 5.74) is 1.28. The summed E-state index contributed by atoms with van der Waals surface area (Å²) in [5.74, 6) is 0.565. The Kier molecular flexibility index (Phi) is 2.90. The Morgan fingerprint density at radius 3 is 3.00 bits per heavy atom. The lowest BCUT2D eigenvalue weighted by atomic mass is 9.86. The topological polar surface area (TPSA) is 24.5 Å². The number of nitrogens with one attached hydrogen (secondary N) is 1. The first-order valence-corrected chi connectivity index (χ1v) is 6.52. The lowest BCUT2D eigenvalue weighted by molar-refractivity contribution is 0.368. The van der Waals surface area contributed by atoms with Gasteiger partial charge in [-0.1, -0.05) is 0 Å². The summed E-state index contributed by atoms with van der Waals surface area (Å²) >= 11 is 0. The normalized spacial score (nSPS) is 27.1. The zero-order valence-corrected chi connectivity index (χ0v) is 10.7. The van der Waals surface area contributed by atoms with Crippen LogP contribution < -0.4 is 15.0 Å². The predicted octanol–water partition coefficient (Wildman–Crippen LogP) is 2.02. The SMILES string of the molecule is COc1ccc(F)cc1N1CCC2(CCNC2)C1. The number of hydrogen-bond donors (Lipinski definition) is 1. The van der Waals surface area contributed by atoms with Crippen LogP contribution in [-0.2, 0) is 0 Å². The molecule has 2 aliphatic rings. The quantitative estimate of drug-likeness (QED) is 0.869. The summed E-state index contributed by atoms with van der Waals surface area (Å²) in [4.78, 5) is 2.26. The van der Waals surface area contributed by atoms with Gasteiger partial charge in [-0.3, -0.25) is 0 Å². The molecule has 1 spiro atoms. The number of benzene rings is 1. The third kappa shape index (κ3) is 1.94. The van der Waals surface area contributed by atoms with Gasteiger partial charge >= 0.3 is 0 Å². The minimum Gasteiger partial charge on any atom is -0.495 e. The van der Waals surface area contributed by atoms with Crippen LogP contribution in [0, 0.1) is 11.2 Å². The van der Waals surface area contributed by atoms with Gasteiger partial charge in [0.25, 0.3) is 0 Å². The third-order valence-electron chi connectivity index (χ3n) is 4.25. The molecule has 0 saturated carbocycles. The molecule has 0 amide bonds. The van der Waals surface area contributed by atoms with Crippen LogP contribution in [-0.4, -0.2) is 33.3 Å². The summed E-state index contributed by atoms with van der Waals surface area (Å²) in [6.45, 7) is 4.18. The summed E-state index contributed by atoms with van der Waals surface area (Å²) in [7, 11) is 1.64. The van der Waals surface area contributed by atoms with Crippen molar-refractivity contribution in [2.45, 2.75) is 12.8 Å². The van der Waals surface area contributed by atoms with E-state index in [0.717, 1.165) is 37.6 Å². The van der Waals surface area contributed by atoms with Crippen molar-refractivity contribution >= 4 is 5.69 Å². The molecule has 4 heteroatoms. The van der Waals surface area contributed by atoms with Crippen LogP contribution in [0.2, 0.25) is 0 Å². The van der Waals surface area contributed by atoms with Gasteiger partial charge in [-0.2, -0.15) is 0 Å². The Balaban J connectivity index is 1.85. The predicted molar refractivity (Wildman–Crippen MR) is 69.7 cm³/mol. The fraction of sp³-hybridized carbons (Fsp3) is 0.571. The molecule has 0 bridgehead atoms. The fourth-order valence-corrected chi connectivity index (χ4v) is 3.19. The number of rotatable bonds is 2. The first-order valence-electron chi connectivity index (χ1n) is 6.52. The van der Waals surface area contributed by atoms with Crippen LogP contribution in [0.25, 0.3) is 0 Å². The van der Waals surface area contributed by atoms with Crippen molar-refractivity contribution in [3.63, 3.8) is 0 Å². The van der Waals surface area contributed by atoms with Crippen LogP contribution in [0.15, 0.2) is 18.2 Å². The maximum absolute atomic E-state index is 13.4. The highest BCUT2D eigenvalue weighted by molar-refractivity contribution is 5.59. The Hall–Kier alpha value is -1.29. The molecule has 0 radical (unpaired) electrons. The summed E-state index contributed by atoms with van der Waals surface area (Å²) in [5, 5.41) is 3.44. The number of ether oxygens (including phenoxy) is 1. The number of hydrogen-bond acceptors (Lipinski definition) is 3. The largest absolute Gasteiger partial charge is 0.495 e. The van der Waals surface area contributed by atoms with E-state index < -0.39 is 0 Å². The number of anilines is 1. The second-order valence-corrected chi connectivity index (χ2v) is 5.41. The van der Waals surface area contributed by atoms with Gasteiger partial charge in [-0.25, -0.2) is 4.39 Å². The molecule has 3 nitrogen and oxygen atoms in total. The number of nitrogens with zero attached hydrogens (tertiary/aromatic N) is 1. The molecule has 1 N–H and O–H groups in total. The Morgan fingerprint density at radius 2 is 2.28 bits per heavy atom. The minimum absolute atomic E-state index is 0.198. The molecule has 0 aliphatic carbocycles. The van der Waals surface area contributed by atoms with E-state index in [-0.39, 0.29) is 5.82 Å². The highest BCUT2D eigenvalue weighted by atomic mass is 19.1. The molecule has 1 aromatic rings. The van der Waals surface area contributed by atoms with Gasteiger partial charge in [-0.05, 0) is 31.5 Å². The van der Waals surface area contributed by atoms with E-state index in [0.29, 0.717) is 5.41 Å². The maximum Gasteiger partial charge on any atom is 0.142 e. The van der Waals surface area contributed by atoms with Crippen LogP contribution in [0.1, 0.15) is 12.8 Å². The lowest BCUT2D eigenvalue weighted by Crippen LogP contribution is -2.29. The van der Waals surface area contributed by atoms with E-state index in [1.165, 1.54) is 18.9 Å². The van der Waals surface area contributed by atoms with Crippen LogP contribution in [0.5, 0.6) is 5.75 Å². The Labute approximate surface area is 107 Å². The second-order valence-electron chi connectivity index (χ2n) is 5.41. The molecular formula is C14H19FN2O. The Morgan fingerprint density at radius 1 is 1.39 bits per heavy atom. The summed E-state index contributed by atoms with van der Waals surface area (Å²) in [6.07, 6.45) is 2.40. The van der Waals surface area contributed by atoms with E-state index in [1.807, 2.05) is 0 Å². The first kappa shape index (κ1) is 11.8. The van der Waals surface area contributed by atoms with E-state index in [4.69, 9.17) is 4.74 Å². The van der Waals surface area contributed by atoms with Crippen molar-refractivity contribution in [1.82, 2.24) is 5.32 Å². The molecule has 2 fully saturated rings. The zero-order valence-electron chi connectivity index (χ0n) is 10.7. The van der Waals surface area contributed by atoms with Gasteiger partial charge in [-0.15, -0.1) is 0 Å². The molecular weight excluding hydrogens is 231 g/mol. The van der Waals surface area contributed by atoms with Crippen LogP contribution in [0.3, 0.4) is 0 Å². The van der Waals surface area contributed by atoms with Gasteiger partial charge < -0.3 is 15.0 Å². The van der Waals surface area contributed by atoms with Gasteiger partial charge in [0.15, 0.2) is 0 Å². The molecule has 2 aliphatic heterocycles. The minimum atomic E-state index is -0.198. The van der Waals surface area contributed by atoms with E-state index >= 15 is 0 Å². The molecule has 2 heterocycles. The smallest absolute Gasteiger partial charge is 0.142 e. The second kappa shape index (κ2) is 4.43. The van der Waals surface area contributed by atoms with Gasteiger partial charge in [0.05, 0.1) is 12.8 Å². The highest BCUT2D eigenvalue weighted by Gasteiger charge is 2.40. The van der Waals surface area contributed by atoms with Crippen LogP contribution >= 0.6 is 0 Å². The van der Waals surface area contributed by atoms with E-state index in [9.17, 15) is 4.39 Å². The number of halogens is 1. The van der Waals surface area contributed by atoms with E-state index in [1.54, 1.807) is 19.2 Å². The van der Waals surface area contributed by atoms with Gasteiger partial charge in [0.1, 0.15) is 11.6 Å². The van der Waals surface area contributed by atoms with Gasteiger partial charge in [0.2, 0.25) is 0 Å². The van der Waals surface area contributed by atoms with Crippen LogP contribution in [0.4, 0.5) is 10.1 Å². The Bertz CT molecular complexity index is 443. The standard InChI is InChI=1S/C14H19FN2O/c1-18-13-3-2-11(15)8-12(13)17-7-5-14(10-17)4-6-16-9-14/h2-3,8,16H,4-7,9-10H2,1H3. The highest BCUT2D eigenvalue weighted by Crippen LogP contribution is 2.40. The summed E-state index contributed by atoms with van der Waals surface area (Å²) < 4.78 is 18.8. The average molecular weight is 250 g/mol. The number of methoxy groups -OCH3 is 1. The van der Waals surface area contributed by atoms with E-state index in [2.05, 4.69) is 10.2 Å². The third-order valence-corrected chi connectivity index (χ3v) is 4.25. The van der Waals surface area contributed by atoms with Crippen molar-refractivity contribution in [2.75, 3.05) is 38.2 Å². The fourth-order valence-electron chi connectivity index (χ4n) is 3.19. The molecule has 1 atom stereocenters. The van der Waals surface area contributed by atoms with Crippen molar-refractivity contribution in [1.29, 1.82) is 0 Å². The maximum atomic E-state index is 13.4. The molecule has 2 saturated heterocycles. The molecule has 18 heavy (non-hydrogen) atoms. The van der Waals surface area contributed by atoms with Crippen molar-refractivity contribution in [2.24, 2.45) is 5.41 Å². The van der Waals surface area contributed by atoms with Gasteiger partial charge in [0, 0.05) is 31.1 Å². The molecule has 1 aromatic carbocycles. The molecule has 3 rings (SSSR count). The molecule has 0 aromatic heterocycles. The van der Waals surface area contributed by atoms with Crippen molar-refractivity contribution in [3.05, 3.63) is 24.0 Å². The average Bonchev–Trinajstić information content (AvgIpc) is 3.00. The van der Waals surface area contributed by atoms with Crippen molar-refractivity contribution in [3.8, 4) is 5.75 Å². The molecule has 98 valence electrons.